The van der Waals surface area contributed by atoms with Gasteiger partial charge in [0.05, 0.1) is 15.9 Å². The number of rotatable bonds is 6. The second-order valence-electron chi connectivity index (χ2n) is 9.57. The van der Waals surface area contributed by atoms with Gasteiger partial charge in [-0.1, -0.05) is 12.1 Å². The van der Waals surface area contributed by atoms with Gasteiger partial charge in [-0.15, -0.1) is 11.3 Å². The molecule has 1 aliphatic heterocycles. The van der Waals surface area contributed by atoms with Crippen molar-refractivity contribution in [1.82, 2.24) is 9.88 Å². The van der Waals surface area contributed by atoms with E-state index < -0.39 is 29.3 Å². The molecule has 2 aromatic carbocycles. The molecule has 3 aromatic rings. The average Bonchev–Trinajstić information content (AvgIpc) is 3.19. The van der Waals surface area contributed by atoms with Gasteiger partial charge in [0.15, 0.2) is 0 Å². The lowest BCUT2D eigenvalue weighted by Gasteiger charge is -2.44. The summed E-state index contributed by atoms with van der Waals surface area (Å²) >= 11 is 1.57. The summed E-state index contributed by atoms with van der Waals surface area (Å²) in [4.78, 5) is 18.0. The van der Waals surface area contributed by atoms with Crippen molar-refractivity contribution < 1.29 is 23.1 Å². The molecule has 184 valence electrons. The van der Waals surface area contributed by atoms with E-state index in [4.69, 9.17) is 5.11 Å². The smallest absolute Gasteiger partial charge is 0.328 e. The number of nitrogens with zero attached hydrogens (tertiary/aromatic N) is 2. The molecule has 2 heterocycles. The molecule has 0 radical (unpaired) electrons. The summed E-state index contributed by atoms with van der Waals surface area (Å²) in [6.07, 6.45) is 4.39. The Hall–Kier alpha value is -2.97. The number of carboxylic acid groups (broad SMARTS) is 1. The number of fused-ring (bicyclic) bond motifs is 1. The second-order valence-corrected chi connectivity index (χ2v) is 10.8. The highest BCUT2D eigenvalue weighted by atomic mass is 32.1. The number of carbonyl (C=O) groups is 1. The minimum Gasteiger partial charge on any atom is -0.478 e. The quantitative estimate of drug-likeness (QED) is 0.389. The largest absolute Gasteiger partial charge is 0.478 e. The number of aromatic nitrogens is 1. The fourth-order valence-corrected chi connectivity index (χ4v) is 5.47. The number of benzene rings is 2. The molecule has 0 unspecified atom stereocenters. The number of carboxylic acids is 1. The van der Waals surface area contributed by atoms with E-state index in [0.717, 1.165) is 50.9 Å². The minimum absolute atomic E-state index is 0.00634. The third-order valence-corrected chi connectivity index (χ3v) is 7.07. The maximum absolute atomic E-state index is 15.4. The Balaban J connectivity index is 1.86. The van der Waals surface area contributed by atoms with Gasteiger partial charge >= 0.3 is 5.97 Å². The second kappa shape index (κ2) is 9.59. The van der Waals surface area contributed by atoms with Crippen LogP contribution < -0.4 is 0 Å². The van der Waals surface area contributed by atoms with Crippen LogP contribution in [0.4, 0.5) is 13.2 Å². The molecular weight excluding hydrogens is 473 g/mol. The Morgan fingerprint density at radius 2 is 1.94 bits per heavy atom. The van der Waals surface area contributed by atoms with Gasteiger partial charge in [-0.2, -0.15) is 0 Å². The van der Waals surface area contributed by atoms with Crippen LogP contribution in [0.15, 0.2) is 42.6 Å². The van der Waals surface area contributed by atoms with Gasteiger partial charge in [0.25, 0.3) is 0 Å². The van der Waals surface area contributed by atoms with E-state index in [-0.39, 0.29) is 23.7 Å². The summed E-state index contributed by atoms with van der Waals surface area (Å²) in [6, 6.07) is 7.03. The van der Waals surface area contributed by atoms with Crippen molar-refractivity contribution in [1.29, 1.82) is 0 Å². The molecule has 2 atom stereocenters. The van der Waals surface area contributed by atoms with Gasteiger partial charge in [0, 0.05) is 30.4 Å². The first kappa shape index (κ1) is 25.1. The Morgan fingerprint density at radius 1 is 1.26 bits per heavy atom. The molecule has 0 spiro atoms. The van der Waals surface area contributed by atoms with E-state index in [0.29, 0.717) is 6.42 Å². The van der Waals surface area contributed by atoms with E-state index in [1.165, 1.54) is 13.8 Å². The van der Waals surface area contributed by atoms with Crippen molar-refractivity contribution in [3.63, 3.8) is 0 Å². The highest BCUT2D eigenvalue weighted by Gasteiger charge is 2.39. The van der Waals surface area contributed by atoms with Crippen LogP contribution >= 0.6 is 11.3 Å². The first-order chi connectivity index (χ1) is 16.4. The van der Waals surface area contributed by atoms with E-state index in [1.54, 1.807) is 11.3 Å². The molecule has 0 amide bonds. The zero-order valence-electron chi connectivity index (χ0n) is 20.0. The van der Waals surface area contributed by atoms with Gasteiger partial charge in [-0.25, -0.2) is 22.9 Å². The maximum atomic E-state index is 15.4. The molecule has 35 heavy (non-hydrogen) atoms. The van der Waals surface area contributed by atoms with E-state index in [1.807, 2.05) is 43.1 Å². The summed E-state index contributed by atoms with van der Waals surface area (Å²) < 4.78 is 45.7. The monoisotopic (exact) mass is 500 g/mol. The van der Waals surface area contributed by atoms with Gasteiger partial charge in [0.2, 0.25) is 0 Å². The van der Waals surface area contributed by atoms with Crippen LogP contribution in [-0.4, -0.2) is 39.2 Å². The number of halogens is 3. The molecule has 0 saturated heterocycles. The fourth-order valence-electron chi connectivity index (χ4n) is 4.70. The number of aryl methyl sites for hydroxylation is 1. The van der Waals surface area contributed by atoms with Crippen LogP contribution in [0.1, 0.15) is 54.1 Å². The number of hydrogen-bond acceptors (Lipinski definition) is 4. The molecule has 4 rings (SSSR count). The number of alkyl halides is 1. The molecule has 0 bridgehead atoms. The van der Waals surface area contributed by atoms with Gasteiger partial charge in [-0.3, -0.25) is 4.90 Å². The summed E-state index contributed by atoms with van der Waals surface area (Å²) in [7, 11) is 0. The highest BCUT2D eigenvalue weighted by molar-refractivity contribution is 7.15. The fraction of sp³-hybridized carbons (Fsp3) is 0.333. The zero-order valence-corrected chi connectivity index (χ0v) is 20.8. The van der Waals surface area contributed by atoms with Crippen molar-refractivity contribution in [2.24, 2.45) is 0 Å². The third kappa shape index (κ3) is 5.49. The van der Waals surface area contributed by atoms with Gasteiger partial charge < -0.3 is 5.11 Å². The van der Waals surface area contributed by atoms with Crippen LogP contribution in [0.3, 0.4) is 0 Å². The predicted octanol–water partition coefficient (Wildman–Crippen LogP) is 6.58. The lowest BCUT2D eigenvalue weighted by atomic mass is 9.83. The van der Waals surface area contributed by atoms with Crippen LogP contribution in [0.25, 0.3) is 16.5 Å². The summed E-state index contributed by atoms with van der Waals surface area (Å²) in [5.74, 6) is -2.82. The topological polar surface area (TPSA) is 53.4 Å². The summed E-state index contributed by atoms with van der Waals surface area (Å²) in [5.41, 5.74) is 1.01. The Labute approximate surface area is 206 Å². The third-order valence-electron chi connectivity index (χ3n) is 6.11. The summed E-state index contributed by atoms with van der Waals surface area (Å²) in [6.45, 7) is 6.77. The van der Waals surface area contributed by atoms with E-state index >= 15 is 8.78 Å². The van der Waals surface area contributed by atoms with Crippen molar-refractivity contribution in [2.75, 3.05) is 6.54 Å². The van der Waals surface area contributed by atoms with Crippen LogP contribution in [0.5, 0.6) is 0 Å². The average molecular weight is 501 g/mol. The number of thiazole rings is 1. The van der Waals surface area contributed by atoms with Crippen molar-refractivity contribution in [3.8, 4) is 10.4 Å². The molecular formula is C27H27F3N2O2S. The molecule has 0 fully saturated rings. The molecule has 8 heteroatoms. The SMILES string of the molecule is Cc1ncc(-c2ccc3c(c2)C[C@H](C)N(CC(C)(C)F)[C@H]3c2c(F)cc(/C=C/C(=O)O)cc2F)s1. The molecule has 0 aliphatic carbocycles. The molecule has 0 saturated carbocycles. The lowest BCUT2D eigenvalue weighted by molar-refractivity contribution is -0.131. The van der Waals surface area contributed by atoms with Crippen molar-refractivity contribution >= 4 is 23.4 Å². The van der Waals surface area contributed by atoms with Crippen LogP contribution in [0.2, 0.25) is 0 Å². The number of hydrogen-bond donors (Lipinski definition) is 1. The van der Waals surface area contributed by atoms with Crippen molar-refractivity contribution in [3.05, 3.63) is 81.5 Å². The Kier molecular flexibility index (Phi) is 6.88. The first-order valence-corrected chi connectivity index (χ1v) is 12.1. The lowest BCUT2D eigenvalue weighted by Crippen LogP contribution is -2.48. The standard InChI is InChI=1S/C27H27F3N2O2S/c1-15-9-19-12-18(23-13-31-16(2)35-23)6-7-20(19)26(32(15)14-27(3,4)30)25-21(28)10-17(11-22(25)29)5-8-24(33)34/h5-8,10-13,15,26H,9,14H2,1-4H3,(H,33,34)/b8-5+/t15-,26+/m0/s1. The highest BCUT2D eigenvalue weighted by Crippen LogP contribution is 2.42. The predicted molar refractivity (Wildman–Crippen MR) is 132 cm³/mol. The Bertz CT molecular complexity index is 1270. The summed E-state index contributed by atoms with van der Waals surface area (Å²) in [5, 5.41) is 9.79. The van der Waals surface area contributed by atoms with Crippen LogP contribution in [0, 0.1) is 18.6 Å². The van der Waals surface area contributed by atoms with Gasteiger partial charge in [0.1, 0.15) is 17.3 Å². The normalized spacial score (nSPS) is 18.7. The molecule has 1 N–H and O–H groups in total. The van der Waals surface area contributed by atoms with Crippen molar-refractivity contribution in [2.45, 2.75) is 51.9 Å². The van der Waals surface area contributed by atoms with E-state index in [9.17, 15) is 9.18 Å². The molecule has 4 nitrogen and oxygen atoms in total. The van der Waals surface area contributed by atoms with Gasteiger partial charge in [-0.05, 0) is 80.6 Å². The van der Waals surface area contributed by atoms with E-state index in [2.05, 4.69) is 4.98 Å². The van der Waals surface area contributed by atoms with Crippen LogP contribution in [-0.2, 0) is 11.2 Å². The molecule has 1 aliphatic rings. The zero-order chi connectivity index (χ0) is 25.5. The molecule has 1 aromatic heterocycles. The maximum Gasteiger partial charge on any atom is 0.328 e. The Morgan fingerprint density at radius 3 is 2.51 bits per heavy atom. The number of aliphatic carboxylic acids is 1. The minimum atomic E-state index is -1.58. The first-order valence-electron chi connectivity index (χ1n) is 11.3.